The Morgan fingerprint density at radius 1 is 1.45 bits per heavy atom. The number of likely N-dealkylation sites (tertiary alicyclic amines) is 1. The molecule has 1 rings (SSSR count). The van der Waals surface area contributed by atoms with Gasteiger partial charge in [0, 0.05) is 32.0 Å². The highest BCUT2D eigenvalue weighted by Crippen LogP contribution is 2.17. The number of aliphatic hydroxyl groups excluding tert-OH is 1. The minimum Gasteiger partial charge on any atom is -0.480 e. The molecule has 1 unspecified atom stereocenters. The zero-order valence-corrected chi connectivity index (χ0v) is 13.2. The predicted octanol–water partition coefficient (Wildman–Crippen LogP) is 0.195. The van der Waals surface area contributed by atoms with Gasteiger partial charge < -0.3 is 25.2 Å². The summed E-state index contributed by atoms with van der Waals surface area (Å²) in [7, 11) is 0. The van der Waals surface area contributed by atoms with Gasteiger partial charge in [0.05, 0.1) is 0 Å². The van der Waals surface area contributed by atoms with E-state index in [0.29, 0.717) is 6.54 Å². The van der Waals surface area contributed by atoms with E-state index < -0.39 is 23.7 Å². The van der Waals surface area contributed by atoms with Crippen LogP contribution in [0.15, 0.2) is 0 Å². The number of ether oxygens (including phenoxy) is 1. The summed E-state index contributed by atoms with van der Waals surface area (Å²) in [6.45, 7) is 5.60. The van der Waals surface area contributed by atoms with Crippen LogP contribution in [0, 0.1) is 5.92 Å². The highest BCUT2D eigenvalue weighted by Gasteiger charge is 2.31. The van der Waals surface area contributed by atoms with Crippen molar-refractivity contribution in [2.24, 2.45) is 5.92 Å². The van der Waals surface area contributed by atoms with Gasteiger partial charge in [-0.25, -0.2) is 9.59 Å². The number of carboxylic acids is 1. The van der Waals surface area contributed by atoms with E-state index >= 15 is 0 Å². The Hall–Kier alpha value is -1.83. The zero-order chi connectivity index (χ0) is 16.9. The predicted molar refractivity (Wildman–Crippen MR) is 77.2 cm³/mol. The van der Waals surface area contributed by atoms with E-state index in [1.54, 1.807) is 20.8 Å². The number of carbonyl (C=O) groups is 3. The summed E-state index contributed by atoms with van der Waals surface area (Å²) in [6.07, 6.45) is -0.451. The number of aliphatic carboxylic acids is 1. The van der Waals surface area contributed by atoms with Crippen molar-refractivity contribution in [2.45, 2.75) is 45.3 Å². The lowest BCUT2D eigenvalue weighted by molar-refractivity contribution is -0.140. The Balaban J connectivity index is 2.50. The molecule has 1 heterocycles. The lowest BCUT2D eigenvalue weighted by Crippen LogP contribution is -2.45. The molecule has 8 nitrogen and oxygen atoms in total. The summed E-state index contributed by atoms with van der Waals surface area (Å²) >= 11 is 0. The monoisotopic (exact) mass is 316 g/mol. The third-order valence-electron chi connectivity index (χ3n) is 3.23. The number of nitrogens with one attached hydrogen (secondary N) is 1. The first kappa shape index (κ1) is 18.2. The Morgan fingerprint density at radius 3 is 2.55 bits per heavy atom. The fourth-order valence-corrected chi connectivity index (χ4v) is 2.18. The highest BCUT2D eigenvalue weighted by molar-refractivity contribution is 5.80. The second kappa shape index (κ2) is 7.44. The molecule has 2 amide bonds. The van der Waals surface area contributed by atoms with Crippen molar-refractivity contribution in [1.29, 1.82) is 0 Å². The second-order valence-corrected chi connectivity index (χ2v) is 6.42. The number of nitrogens with zero attached hydrogens (tertiary/aromatic N) is 1. The maximum atomic E-state index is 11.7. The first-order valence-electron chi connectivity index (χ1n) is 7.23. The standard InChI is InChI=1S/C14H24N2O6/c1-14(2,3)22-13(21)15-10(12(19)20)4-5-16-7-9(8-17)6-11(16)18/h9-10,17H,4-8H2,1-3H3,(H,15,21)(H,19,20)/t9?,10-/m0/s1. The second-order valence-electron chi connectivity index (χ2n) is 6.42. The molecule has 0 bridgehead atoms. The molecule has 8 heteroatoms. The summed E-state index contributed by atoms with van der Waals surface area (Å²) in [4.78, 5) is 36.0. The summed E-state index contributed by atoms with van der Waals surface area (Å²) in [5, 5.41) is 20.5. The molecule has 2 atom stereocenters. The molecule has 0 radical (unpaired) electrons. The molecule has 0 spiro atoms. The van der Waals surface area contributed by atoms with Crippen LogP contribution in [0.3, 0.4) is 0 Å². The topological polar surface area (TPSA) is 116 Å². The first-order chi connectivity index (χ1) is 10.1. The van der Waals surface area contributed by atoms with E-state index in [4.69, 9.17) is 14.9 Å². The number of hydrogen-bond donors (Lipinski definition) is 3. The van der Waals surface area contributed by atoms with E-state index in [1.165, 1.54) is 4.90 Å². The van der Waals surface area contributed by atoms with Gasteiger partial charge in [0.2, 0.25) is 5.91 Å². The van der Waals surface area contributed by atoms with Gasteiger partial charge in [-0.15, -0.1) is 0 Å². The number of amides is 2. The Bertz CT molecular complexity index is 432. The van der Waals surface area contributed by atoms with Gasteiger partial charge in [0.15, 0.2) is 0 Å². The number of carboxylic acid groups (broad SMARTS) is 1. The summed E-state index contributed by atoms with van der Waals surface area (Å²) in [5.74, 6) is -1.40. The van der Waals surface area contributed by atoms with Crippen molar-refractivity contribution in [3.63, 3.8) is 0 Å². The van der Waals surface area contributed by atoms with E-state index in [-0.39, 0.29) is 37.8 Å². The van der Waals surface area contributed by atoms with Crippen LogP contribution in [0.4, 0.5) is 4.79 Å². The van der Waals surface area contributed by atoms with E-state index in [9.17, 15) is 14.4 Å². The van der Waals surface area contributed by atoms with E-state index in [0.717, 1.165) is 0 Å². The Kier molecular flexibility index (Phi) is 6.16. The summed E-state index contributed by atoms with van der Waals surface area (Å²) < 4.78 is 5.02. The fraction of sp³-hybridized carbons (Fsp3) is 0.786. The van der Waals surface area contributed by atoms with Gasteiger partial charge in [-0.3, -0.25) is 4.79 Å². The molecule has 1 aliphatic rings. The zero-order valence-electron chi connectivity index (χ0n) is 13.2. The third-order valence-corrected chi connectivity index (χ3v) is 3.23. The smallest absolute Gasteiger partial charge is 0.408 e. The first-order valence-corrected chi connectivity index (χ1v) is 7.23. The van der Waals surface area contributed by atoms with Gasteiger partial charge in [0.1, 0.15) is 11.6 Å². The number of rotatable bonds is 6. The fourth-order valence-electron chi connectivity index (χ4n) is 2.18. The van der Waals surface area contributed by atoms with Gasteiger partial charge in [-0.1, -0.05) is 0 Å². The van der Waals surface area contributed by atoms with Crippen LogP contribution in [0.5, 0.6) is 0 Å². The van der Waals surface area contributed by atoms with Gasteiger partial charge in [-0.2, -0.15) is 0 Å². The van der Waals surface area contributed by atoms with Crippen LogP contribution in [-0.4, -0.2) is 64.4 Å². The summed E-state index contributed by atoms with van der Waals surface area (Å²) in [6, 6.07) is -1.13. The molecule has 0 aromatic heterocycles. The Labute approximate surface area is 129 Å². The maximum absolute atomic E-state index is 11.7. The van der Waals surface area contributed by atoms with Crippen molar-refractivity contribution in [1.82, 2.24) is 10.2 Å². The third kappa shape index (κ3) is 5.88. The number of hydrogen-bond acceptors (Lipinski definition) is 5. The maximum Gasteiger partial charge on any atom is 0.408 e. The van der Waals surface area contributed by atoms with Crippen LogP contribution in [0.2, 0.25) is 0 Å². The minimum atomic E-state index is -1.18. The summed E-state index contributed by atoms with van der Waals surface area (Å²) in [5.41, 5.74) is -0.716. The van der Waals surface area contributed by atoms with Crippen LogP contribution in [0.25, 0.3) is 0 Å². The molecule has 126 valence electrons. The van der Waals surface area contributed by atoms with E-state index in [1.807, 2.05) is 0 Å². The van der Waals surface area contributed by atoms with Gasteiger partial charge >= 0.3 is 12.1 Å². The molecule has 0 aromatic carbocycles. The molecular formula is C14H24N2O6. The largest absolute Gasteiger partial charge is 0.480 e. The minimum absolute atomic E-state index is 0.0687. The SMILES string of the molecule is CC(C)(C)OC(=O)N[C@@H](CCN1CC(CO)CC1=O)C(=O)O. The van der Waals surface area contributed by atoms with Crippen LogP contribution in [-0.2, 0) is 14.3 Å². The molecule has 0 aromatic rings. The molecule has 22 heavy (non-hydrogen) atoms. The molecule has 1 fully saturated rings. The average molecular weight is 316 g/mol. The lowest BCUT2D eigenvalue weighted by Gasteiger charge is -2.23. The number of aliphatic hydroxyl groups is 1. The van der Waals surface area contributed by atoms with Crippen molar-refractivity contribution in [3.8, 4) is 0 Å². The highest BCUT2D eigenvalue weighted by atomic mass is 16.6. The van der Waals surface area contributed by atoms with E-state index in [2.05, 4.69) is 5.32 Å². The normalized spacial score (nSPS) is 19.9. The number of carbonyl (C=O) groups excluding carboxylic acids is 2. The molecule has 3 N–H and O–H groups in total. The van der Waals surface area contributed by atoms with Crippen molar-refractivity contribution in [2.75, 3.05) is 19.7 Å². The molecule has 1 aliphatic heterocycles. The van der Waals surface area contributed by atoms with Crippen molar-refractivity contribution >= 4 is 18.0 Å². The van der Waals surface area contributed by atoms with Crippen molar-refractivity contribution in [3.05, 3.63) is 0 Å². The molecular weight excluding hydrogens is 292 g/mol. The molecule has 0 saturated carbocycles. The van der Waals surface area contributed by atoms with Crippen LogP contribution >= 0.6 is 0 Å². The van der Waals surface area contributed by atoms with Crippen LogP contribution < -0.4 is 5.32 Å². The number of alkyl carbamates (subject to hydrolysis) is 1. The van der Waals surface area contributed by atoms with Gasteiger partial charge in [-0.05, 0) is 27.2 Å². The quantitative estimate of drug-likeness (QED) is 0.644. The van der Waals surface area contributed by atoms with Gasteiger partial charge in [0.25, 0.3) is 0 Å². The Morgan fingerprint density at radius 2 is 2.09 bits per heavy atom. The molecule has 1 saturated heterocycles. The molecule has 0 aliphatic carbocycles. The van der Waals surface area contributed by atoms with Crippen LogP contribution in [0.1, 0.15) is 33.6 Å². The average Bonchev–Trinajstić information content (AvgIpc) is 2.72. The van der Waals surface area contributed by atoms with Crippen molar-refractivity contribution < 1.29 is 29.3 Å². The lowest BCUT2D eigenvalue weighted by atomic mass is 10.1.